The molecule has 0 aliphatic heterocycles. The van der Waals surface area contributed by atoms with Crippen molar-refractivity contribution in [1.82, 2.24) is 0 Å². The Morgan fingerprint density at radius 1 is 1.11 bits per heavy atom. The third kappa shape index (κ3) is 17.5. The summed E-state index contributed by atoms with van der Waals surface area (Å²) in [6, 6.07) is 10.0. The number of carbonyl (C=O) groups is 3. The van der Waals surface area contributed by atoms with Gasteiger partial charge in [0.25, 0.3) is 0 Å². The van der Waals surface area contributed by atoms with Gasteiger partial charge in [-0.05, 0) is 18.9 Å². The second kappa shape index (κ2) is 16.3. The fourth-order valence-electron chi connectivity index (χ4n) is 1.28. The van der Waals surface area contributed by atoms with Gasteiger partial charge in [-0.3, -0.25) is 4.79 Å². The highest BCUT2D eigenvalue weighted by Gasteiger charge is 2.07. The lowest BCUT2D eigenvalue weighted by Crippen LogP contribution is -2.05. The highest BCUT2D eigenvalue weighted by atomic mass is 16.5. The summed E-state index contributed by atoms with van der Waals surface area (Å²) in [7, 11) is 0. The van der Waals surface area contributed by atoms with Crippen LogP contribution in [0, 0.1) is 0 Å². The predicted molar refractivity (Wildman–Crippen MR) is 106 cm³/mol. The Kier molecular flexibility index (Phi) is 15.8. The third-order valence-electron chi connectivity index (χ3n) is 2.78. The topological polar surface area (TPSA) is 101 Å². The fraction of sp³-hybridized carbons (Fsp3) is 0.286. The largest absolute Gasteiger partial charge is 0.481 e. The number of hydrogen-bond acceptors (Lipinski definition) is 4. The molecule has 1 aromatic rings. The number of ether oxygens (including phenoxy) is 1. The Morgan fingerprint density at radius 2 is 1.67 bits per heavy atom. The zero-order valence-electron chi connectivity index (χ0n) is 15.9. The molecule has 6 heteroatoms. The van der Waals surface area contributed by atoms with Crippen molar-refractivity contribution in [3.8, 4) is 0 Å². The molecule has 148 valence electrons. The standard InChI is InChI=1S/C8H14O2.C8H8.C5H6O4/c1-4-5-6-10-8(9)7(2)3;1-2-8-6-4-3-5-7-8;1-3(5(8)9)2-4(6)7/h2,4-6H2,1,3H3;2-7H,1H2;1-2H2,(H,6,7)(H,8,9). The Balaban J connectivity index is 0. The minimum atomic E-state index is -1.27. The number of carboxylic acid groups (broad SMARTS) is 2. The molecule has 27 heavy (non-hydrogen) atoms. The summed E-state index contributed by atoms with van der Waals surface area (Å²) >= 11 is 0. The summed E-state index contributed by atoms with van der Waals surface area (Å²) in [5, 5.41) is 16.1. The van der Waals surface area contributed by atoms with Crippen molar-refractivity contribution < 1.29 is 29.3 Å². The average molecular weight is 376 g/mol. The number of carbonyl (C=O) groups excluding carboxylic acids is 1. The van der Waals surface area contributed by atoms with Crippen LogP contribution in [-0.2, 0) is 19.1 Å². The monoisotopic (exact) mass is 376 g/mol. The van der Waals surface area contributed by atoms with Gasteiger partial charge in [-0.15, -0.1) is 0 Å². The van der Waals surface area contributed by atoms with E-state index in [1.807, 2.05) is 36.4 Å². The van der Waals surface area contributed by atoms with Crippen LogP contribution in [0.25, 0.3) is 6.08 Å². The predicted octanol–water partition coefficient (Wildman–Crippen LogP) is 4.34. The van der Waals surface area contributed by atoms with E-state index in [0.717, 1.165) is 12.8 Å². The van der Waals surface area contributed by atoms with E-state index in [1.165, 1.54) is 5.56 Å². The highest BCUT2D eigenvalue weighted by Crippen LogP contribution is 1.97. The molecule has 0 bridgehead atoms. The van der Waals surface area contributed by atoms with Gasteiger partial charge < -0.3 is 14.9 Å². The van der Waals surface area contributed by atoms with Gasteiger partial charge in [-0.2, -0.15) is 0 Å². The van der Waals surface area contributed by atoms with E-state index in [2.05, 4.69) is 26.7 Å². The van der Waals surface area contributed by atoms with Crippen LogP contribution in [0.4, 0.5) is 0 Å². The van der Waals surface area contributed by atoms with Crippen LogP contribution >= 0.6 is 0 Å². The van der Waals surface area contributed by atoms with Crippen molar-refractivity contribution in [1.29, 1.82) is 0 Å². The molecular weight excluding hydrogens is 348 g/mol. The first-order chi connectivity index (χ1) is 12.6. The van der Waals surface area contributed by atoms with Crippen LogP contribution in [0.1, 0.15) is 38.7 Å². The Hall–Kier alpha value is -3.15. The van der Waals surface area contributed by atoms with Crippen LogP contribution in [0.5, 0.6) is 0 Å². The number of benzene rings is 1. The van der Waals surface area contributed by atoms with E-state index in [1.54, 1.807) is 6.92 Å². The van der Waals surface area contributed by atoms with Crippen molar-refractivity contribution in [2.75, 3.05) is 6.61 Å². The van der Waals surface area contributed by atoms with E-state index in [-0.39, 0.29) is 11.5 Å². The van der Waals surface area contributed by atoms with Gasteiger partial charge in [0.2, 0.25) is 0 Å². The van der Waals surface area contributed by atoms with Crippen LogP contribution in [-0.4, -0.2) is 34.7 Å². The van der Waals surface area contributed by atoms with Gasteiger partial charge in [0.15, 0.2) is 0 Å². The van der Waals surface area contributed by atoms with Gasteiger partial charge in [0.05, 0.1) is 13.0 Å². The normalized spacial score (nSPS) is 8.67. The van der Waals surface area contributed by atoms with Crippen molar-refractivity contribution in [2.45, 2.75) is 33.1 Å². The number of carboxylic acids is 2. The molecule has 0 amide bonds. The number of rotatable bonds is 8. The van der Waals surface area contributed by atoms with E-state index >= 15 is 0 Å². The van der Waals surface area contributed by atoms with Gasteiger partial charge in [-0.1, -0.05) is 69.5 Å². The summed E-state index contributed by atoms with van der Waals surface area (Å²) in [6.45, 7) is 14.3. The lowest BCUT2D eigenvalue weighted by molar-refractivity contribution is -0.139. The third-order valence-corrected chi connectivity index (χ3v) is 2.78. The van der Waals surface area contributed by atoms with Crippen LogP contribution in [0.2, 0.25) is 0 Å². The molecule has 1 aromatic carbocycles. The van der Waals surface area contributed by atoms with Gasteiger partial charge in [-0.25, -0.2) is 9.59 Å². The number of aliphatic carboxylic acids is 2. The number of unbranched alkanes of at least 4 members (excludes halogenated alkanes) is 1. The van der Waals surface area contributed by atoms with Crippen molar-refractivity contribution in [2.24, 2.45) is 0 Å². The first-order valence-electron chi connectivity index (χ1n) is 8.28. The number of esters is 1. The first-order valence-corrected chi connectivity index (χ1v) is 8.28. The summed E-state index contributed by atoms with van der Waals surface area (Å²) in [5.41, 5.74) is 1.34. The summed E-state index contributed by atoms with van der Waals surface area (Å²) < 4.78 is 4.81. The highest BCUT2D eigenvalue weighted by molar-refractivity contribution is 5.91. The lowest BCUT2D eigenvalue weighted by Gasteiger charge is -2.01. The molecule has 0 saturated heterocycles. The second-order valence-electron chi connectivity index (χ2n) is 5.36. The van der Waals surface area contributed by atoms with Crippen LogP contribution < -0.4 is 0 Å². The molecule has 0 spiro atoms. The molecule has 0 atom stereocenters. The molecule has 0 fully saturated rings. The first kappa shape index (κ1) is 26.1. The quantitative estimate of drug-likeness (QED) is 0.398. The molecule has 0 radical (unpaired) electrons. The fourth-order valence-corrected chi connectivity index (χ4v) is 1.28. The smallest absolute Gasteiger partial charge is 0.333 e. The molecule has 6 nitrogen and oxygen atoms in total. The second-order valence-corrected chi connectivity index (χ2v) is 5.36. The maximum atomic E-state index is 10.7. The van der Waals surface area contributed by atoms with Crippen LogP contribution in [0.3, 0.4) is 0 Å². The number of hydrogen-bond donors (Lipinski definition) is 2. The van der Waals surface area contributed by atoms with Crippen molar-refractivity contribution >= 4 is 24.0 Å². The maximum absolute atomic E-state index is 10.7. The molecule has 2 N–H and O–H groups in total. The SMILES string of the molecule is C=C(C)C(=O)OCCCC.C=C(CC(=O)O)C(=O)O.C=Cc1ccccc1. The van der Waals surface area contributed by atoms with E-state index in [0.29, 0.717) is 12.2 Å². The van der Waals surface area contributed by atoms with Crippen molar-refractivity contribution in [3.05, 3.63) is 66.8 Å². The Bertz CT molecular complexity index is 631. The lowest BCUT2D eigenvalue weighted by atomic mass is 10.2. The summed E-state index contributed by atoms with van der Waals surface area (Å²) in [4.78, 5) is 30.4. The molecular formula is C21H28O6. The van der Waals surface area contributed by atoms with Gasteiger partial charge in [0.1, 0.15) is 0 Å². The zero-order valence-corrected chi connectivity index (χ0v) is 15.9. The Labute approximate surface area is 160 Å². The van der Waals surface area contributed by atoms with E-state index in [9.17, 15) is 14.4 Å². The molecule has 0 aliphatic carbocycles. The summed E-state index contributed by atoms with van der Waals surface area (Å²) in [6.07, 6.45) is 3.30. The van der Waals surface area contributed by atoms with Crippen LogP contribution in [0.15, 0.2) is 61.2 Å². The van der Waals surface area contributed by atoms with Crippen molar-refractivity contribution in [3.63, 3.8) is 0 Å². The molecule has 0 aromatic heterocycles. The molecule has 0 saturated carbocycles. The summed E-state index contributed by atoms with van der Waals surface area (Å²) in [5.74, 6) is -2.73. The van der Waals surface area contributed by atoms with E-state index in [4.69, 9.17) is 14.9 Å². The molecule has 0 heterocycles. The van der Waals surface area contributed by atoms with E-state index < -0.39 is 18.4 Å². The minimum Gasteiger partial charge on any atom is -0.481 e. The molecule has 0 unspecified atom stereocenters. The minimum absolute atomic E-state index is 0.284. The molecule has 1 rings (SSSR count). The maximum Gasteiger partial charge on any atom is 0.333 e. The van der Waals surface area contributed by atoms with Gasteiger partial charge >= 0.3 is 17.9 Å². The average Bonchev–Trinajstić information content (AvgIpc) is 2.63. The molecule has 0 aliphatic rings. The zero-order chi connectivity index (χ0) is 21.2. The Morgan fingerprint density at radius 3 is 1.96 bits per heavy atom. The van der Waals surface area contributed by atoms with Gasteiger partial charge in [0, 0.05) is 11.1 Å².